The maximum atomic E-state index is 5.77. The number of benzene rings is 3. The summed E-state index contributed by atoms with van der Waals surface area (Å²) in [6, 6.07) is 18.6. The molecule has 1 heterocycles. The lowest BCUT2D eigenvalue weighted by molar-refractivity contribution is 0.356. The van der Waals surface area contributed by atoms with E-state index in [1.54, 1.807) is 28.4 Å². The highest BCUT2D eigenvalue weighted by molar-refractivity contribution is 5.88. The van der Waals surface area contributed by atoms with Gasteiger partial charge in [-0.2, -0.15) is 0 Å². The molecule has 34 heavy (non-hydrogen) atoms. The van der Waals surface area contributed by atoms with E-state index in [1.807, 2.05) is 24.4 Å². The van der Waals surface area contributed by atoms with Gasteiger partial charge < -0.3 is 18.9 Å². The van der Waals surface area contributed by atoms with E-state index >= 15 is 0 Å². The monoisotopic (exact) mass is 457 g/mol. The Bertz CT molecular complexity index is 1320. The SMILES string of the molecule is COc1cc2cc(-c3cc(OC)c(OC)c(-c4ccc(C(C)(C)C)cc4)c3)cnc2cc1OC. The van der Waals surface area contributed by atoms with Crippen molar-refractivity contribution in [2.24, 2.45) is 0 Å². The molecule has 0 atom stereocenters. The number of hydrogen-bond donors (Lipinski definition) is 0. The van der Waals surface area contributed by atoms with Crippen LogP contribution in [0.2, 0.25) is 0 Å². The molecule has 0 bridgehead atoms. The van der Waals surface area contributed by atoms with Gasteiger partial charge in [-0.25, -0.2) is 0 Å². The third-order valence-corrected chi connectivity index (χ3v) is 6.06. The molecule has 0 radical (unpaired) electrons. The molecule has 0 saturated heterocycles. The lowest BCUT2D eigenvalue weighted by atomic mass is 9.86. The van der Waals surface area contributed by atoms with E-state index in [9.17, 15) is 0 Å². The first-order chi connectivity index (χ1) is 16.3. The summed E-state index contributed by atoms with van der Waals surface area (Å²) < 4.78 is 22.4. The molecule has 0 spiro atoms. The third-order valence-electron chi connectivity index (χ3n) is 6.06. The average Bonchev–Trinajstić information content (AvgIpc) is 2.86. The highest BCUT2D eigenvalue weighted by Crippen LogP contribution is 2.43. The van der Waals surface area contributed by atoms with Gasteiger partial charge >= 0.3 is 0 Å². The van der Waals surface area contributed by atoms with Crippen LogP contribution < -0.4 is 18.9 Å². The van der Waals surface area contributed by atoms with Crippen molar-refractivity contribution in [1.29, 1.82) is 0 Å². The van der Waals surface area contributed by atoms with E-state index in [0.29, 0.717) is 23.0 Å². The average molecular weight is 458 g/mol. The van der Waals surface area contributed by atoms with E-state index < -0.39 is 0 Å². The second kappa shape index (κ2) is 9.26. The summed E-state index contributed by atoms with van der Waals surface area (Å²) in [7, 11) is 6.58. The zero-order chi connectivity index (χ0) is 24.5. The van der Waals surface area contributed by atoms with Crippen molar-refractivity contribution < 1.29 is 18.9 Å². The molecule has 0 N–H and O–H groups in total. The van der Waals surface area contributed by atoms with Crippen molar-refractivity contribution in [1.82, 2.24) is 4.98 Å². The number of nitrogens with zero attached hydrogens (tertiary/aromatic N) is 1. The van der Waals surface area contributed by atoms with Crippen LogP contribution in [0.15, 0.2) is 60.8 Å². The Labute approximate surface area is 201 Å². The van der Waals surface area contributed by atoms with Crippen LogP contribution >= 0.6 is 0 Å². The molecule has 0 saturated carbocycles. The van der Waals surface area contributed by atoms with Gasteiger partial charge in [-0.3, -0.25) is 4.98 Å². The van der Waals surface area contributed by atoms with E-state index in [4.69, 9.17) is 18.9 Å². The second-order valence-electron chi connectivity index (χ2n) is 9.21. The normalized spacial score (nSPS) is 11.4. The highest BCUT2D eigenvalue weighted by Gasteiger charge is 2.18. The highest BCUT2D eigenvalue weighted by atomic mass is 16.5. The summed E-state index contributed by atoms with van der Waals surface area (Å²) in [5, 5.41) is 0.959. The Balaban J connectivity index is 1.86. The Morgan fingerprint density at radius 1 is 0.618 bits per heavy atom. The largest absolute Gasteiger partial charge is 0.493 e. The van der Waals surface area contributed by atoms with Gasteiger partial charge in [0.25, 0.3) is 0 Å². The Morgan fingerprint density at radius 3 is 1.85 bits per heavy atom. The summed E-state index contributed by atoms with van der Waals surface area (Å²) in [6.07, 6.45) is 1.86. The van der Waals surface area contributed by atoms with Crippen LogP contribution in [0.25, 0.3) is 33.2 Å². The molecule has 0 amide bonds. The van der Waals surface area contributed by atoms with Crippen molar-refractivity contribution in [3.8, 4) is 45.3 Å². The van der Waals surface area contributed by atoms with Crippen molar-refractivity contribution in [3.63, 3.8) is 0 Å². The van der Waals surface area contributed by atoms with Crippen molar-refractivity contribution >= 4 is 10.9 Å². The van der Waals surface area contributed by atoms with Gasteiger partial charge in [0, 0.05) is 28.8 Å². The fourth-order valence-electron chi connectivity index (χ4n) is 4.11. The molecular formula is C29H31NO4. The predicted octanol–water partition coefficient (Wildman–Crippen LogP) is 6.90. The summed E-state index contributed by atoms with van der Waals surface area (Å²) in [5.74, 6) is 2.69. The molecule has 0 aliphatic rings. The quantitative estimate of drug-likeness (QED) is 0.315. The molecule has 0 aliphatic carbocycles. The van der Waals surface area contributed by atoms with Crippen LogP contribution in [0.4, 0.5) is 0 Å². The van der Waals surface area contributed by atoms with Gasteiger partial charge in [0.1, 0.15) is 0 Å². The molecule has 4 aromatic rings. The number of rotatable bonds is 6. The van der Waals surface area contributed by atoms with Crippen molar-refractivity contribution in [3.05, 3.63) is 66.4 Å². The van der Waals surface area contributed by atoms with Crippen molar-refractivity contribution in [2.45, 2.75) is 26.2 Å². The molecule has 3 aromatic carbocycles. The predicted molar refractivity (Wildman–Crippen MR) is 138 cm³/mol. The number of aromatic nitrogens is 1. The smallest absolute Gasteiger partial charge is 0.168 e. The van der Waals surface area contributed by atoms with Gasteiger partial charge in [0.2, 0.25) is 0 Å². The molecule has 0 unspecified atom stereocenters. The summed E-state index contributed by atoms with van der Waals surface area (Å²) in [4.78, 5) is 4.67. The van der Waals surface area contributed by atoms with Crippen LogP contribution in [0.1, 0.15) is 26.3 Å². The van der Waals surface area contributed by atoms with Crippen LogP contribution in [0.5, 0.6) is 23.0 Å². The van der Waals surface area contributed by atoms with Crippen LogP contribution in [0, 0.1) is 0 Å². The maximum Gasteiger partial charge on any atom is 0.168 e. The minimum atomic E-state index is 0.0860. The van der Waals surface area contributed by atoms with E-state index in [-0.39, 0.29) is 5.41 Å². The topological polar surface area (TPSA) is 49.8 Å². The fraction of sp³-hybridized carbons (Fsp3) is 0.276. The molecule has 0 fully saturated rings. The first-order valence-electron chi connectivity index (χ1n) is 11.2. The molecule has 0 aliphatic heterocycles. The molecule has 4 rings (SSSR count). The van der Waals surface area contributed by atoms with Gasteiger partial charge in [-0.05, 0) is 46.4 Å². The van der Waals surface area contributed by atoms with E-state index in [0.717, 1.165) is 33.2 Å². The first kappa shape index (κ1) is 23.4. The van der Waals surface area contributed by atoms with E-state index in [2.05, 4.69) is 62.2 Å². The zero-order valence-corrected chi connectivity index (χ0v) is 20.9. The van der Waals surface area contributed by atoms with Crippen molar-refractivity contribution in [2.75, 3.05) is 28.4 Å². The minimum Gasteiger partial charge on any atom is -0.493 e. The second-order valence-corrected chi connectivity index (χ2v) is 9.21. The van der Waals surface area contributed by atoms with E-state index in [1.165, 1.54) is 5.56 Å². The zero-order valence-electron chi connectivity index (χ0n) is 20.9. The Hall–Kier alpha value is -3.73. The first-order valence-corrected chi connectivity index (χ1v) is 11.2. The Kier molecular flexibility index (Phi) is 6.38. The standard InChI is InChI=1S/C29H31NO4/c1-29(2,3)22-10-8-18(9-11-22)23-13-19(14-27(33-6)28(23)34-7)21-12-20-15-25(31-4)26(32-5)16-24(20)30-17-21/h8-17H,1-7H3. The third kappa shape index (κ3) is 4.38. The molecule has 176 valence electrons. The number of hydrogen-bond acceptors (Lipinski definition) is 5. The summed E-state index contributed by atoms with van der Waals surface area (Å²) >= 11 is 0. The molecule has 5 heteroatoms. The molecule has 5 nitrogen and oxygen atoms in total. The molecular weight excluding hydrogens is 426 g/mol. The number of pyridine rings is 1. The van der Waals surface area contributed by atoms with Crippen LogP contribution in [-0.2, 0) is 5.41 Å². The van der Waals surface area contributed by atoms with Crippen LogP contribution in [0.3, 0.4) is 0 Å². The minimum absolute atomic E-state index is 0.0860. The van der Waals surface area contributed by atoms with Crippen LogP contribution in [-0.4, -0.2) is 33.4 Å². The van der Waals surface area contributed by atoms with Gasteiger partial charge in [0.15, 0.2) is 23.0 Å². The summed E-state index contributed by atoms with van der Waals surface area (Å²) in [6.45, 7) is 6.64. The lowest BCUT2D eigenvalue weighted by Crippen LogP contribution is -2.10. The van der Waals surface area contributed by atoms with Gasteiger partial charge in [0.05, 0.1) is 34.0 Å². The summed E-state index contributed by atoms with van der Waals surface area (Å²) in [5.41, 5.74) is 6.17. The van der Waals surface area contributed by atoms with Gasteiger partial charge in [-0.1, -0.05) is 45.0 Å². The van der Waals surface area contributed by atoms with Gasteiger partial charge in [-0.15, -0.1) is 0 Å². The Morgan fingerprint density at radius 2 is 1.26 bits per heavy atom. The number of methoxy groups -OCH3 is 4. The maximum absolute atomic E-state index is 5.77. The molecule has 1 aromatic heterocycles. The number of ether oxygens (including phenoxy) is 4. The number of fused-ring (bicyclic) bond motifs is 1. The fourth-order valence-corrected chi connectivity index (χ4v) is 4.11. The lowest BCUT2D eigenvalue weighted by Gasteiger charge is -2.20.